The lowest BCUT2D eigenvalue weighted by Crippen LogP contribution is -2.28. The first-order valence-electron chi connectivity index (χ1n) is 10.8. The maximum atomic E-state index is 13.4. The number of aromatic amines is 1. The predicted molar refractivity (Wildman–Crippen MR) is 125 cm³/mol. The van der Waals surface area contributed by atoms with E-state index in [0.717, 1.165) is 42.6 Å². The molecule has 2 aromatic carbocycles. The lowest BCUT2D eigenvalue weighted by Gasteiger charge is -2.20. The molecule has 0 unspecified atom stereocenters. The molecule has 0 aliphatic carbocycles. The number of carbonyl (C=O) groups excluding carboxylic acids is 1. The van der Waals surface area contributed by atoms with Crippen molar-refractivity contribution in [3.05, 3.63) is 59.5 Å². The standard InChI is InChI=1S/C25H30FN3O4/c1-29(25(30)20-15-23(32-3)24(33-4)16-22(20)31-2)12-7-5-6-11-19-14-21(28-27-19)17-9-8-10-18(26)13-17/h8-10,13-16H,5-7,11-12H2,1-4H3,(H,27,28). The second-order valence-corrected chi connectivity index (χ2v) is 7.73. The van der Waals surface area contributed by atoms with Crippen molar-refractivity contribution in [2.75, 3.05) is 34.9 Å². The zero-order valence-corrected chi connectivity index (χ0v) is 19.5. The van der Waals surface area contributed by atoms with E-state index in [-0.39, 0.29) is 11.7 Å². The molecule has 7 nitrogen and oxygen atoms in total. The number of ether oxygens (including phenoxy) is 3. The lowest BCUT2D eigenvalue weighted by atomic mass is 10.1. The van der Waals surface area contributed by atoms with E-state index in [1.54, 1.807) is 30.1 Å². The Morgan fingerprint density at radius 2 is 1.70 bits per heavy atom. The SMILES string of the molecule is COc1cc(OC)c(C(=O)N(C)CCCCCc2cc(-c3cccc(F)c3)n[nH]2)cc1OC. The van der Waals surface area contributed by atoms with Gasteiger partial charge in [-0.2, -0.15) is 5.10 Å². The summed E-state index contributed by atoms with van der Waals surface area (Å²) in [5, 5.41) is 7.30. The minimum atomic E-state index is -0.276. The van der Waals surface area contributed by atoms with Crippen molar-refractivity contribution in [1.29, 1.82) is 0 Å². The van der Waals surface area contributed by atoms with Crippen LogP contribution in [0.5, 0.6) is 17.2 Å². The number of amides is 1. The highest BCUT2D eigenvalue weighted by Gasteiger charge is 2.20. The van der Waals surface area contributed by atoms with Crippen molar-refractivity contribution in [2.24, 2.45) is 0 Å². The molecule has 0 spiro atoms. The first kappa shape index (κ1) is 24.1. The van der Waals surface area contributed by atoms with Crippen molar-refractivity contribution in [1.82, 2.24) is 15.1 Å². The molecule has 0 bridgehead atoms. The number of nitrogens with one attached hydrogen (secondary N) is 1. The molecule has 33 heavy (non-hydrogen) atoms. The fraction of sp³-hybridized carbons (Fsp3) is 0.360. The van der Waals surface area contributed by atoms with Crippen LogP contribution in [0.15, 0.2) is 42.5 Å². The molecule has 0 atom stereocenters. The van der Waals surface area contributed by atoms with Gasteiger partial charge in [0.05, 0.1) is 32.6 Å². The Balaban J connectivity index is 1.49. The van der Waals surface area contributed by atoms with Gasteiger partial charge in [-0.1, -0.05) is 18.6 Å². The Morgan fingerprint density at radius 1 is 0.970 bits per heavy atom. The fourth-order valence-electron chi connectivity index (χ4n) is 3.63. The molecule has 0 aliphatic heterocycles. The summed E-state index contributed by atoms with van der Waals surface area (Å²) < 4.78 is 29.4. The molecule has 1 heterocycles. The number of aromatic nitrogens is 2. The van der Waals surface area contributed by atoms with E-state index in [1.165, 1.54) is 33.5 Å². The third-order valence-electron chi connectivity index (χ3n) is 5.47. The number of hydrogen-bond donors (Lipinski definition) is 1. The number of methoxy groups -OCH3 is 3. The van der Waals surface area contributed by atoms with Crippen LogP contribution in [0.3, 0.4) is 0 Å². The first-order chi connectivity index (χ1) is 16.0. The molecule has 3 rings (SSSR count). The van der Waals surface area contributed by atoms with Gasteiger partial charge in [0.25, 0.3) is 5.91 Å². The summed E-state index contributed by atoms with van der Waals surface area (Å²) in [6, 6.07) is 11.7. The molecular formula is C25H30FN3O4. The summed E-state index contributed by atoms with van der Waals surface area (Å²) in [4.78, 5) is 14.6. The van der Waals surface area contributed by atoms with Crippen molar-refractivity contribution < 1.29 is 23.4 Å². The van der Waals surface area contributed by atoms with Crippen LogP contribution in [0, 0.1) is 5.82 Å². The van der Waals surface area contributed by atoms with E-state index in [1.807, 2.05) is 12.1 Å². The summed E-state index contributed by atoms with van der Waals surface area (Å²) >= 11 is 0. The van der Waals surface area contributed by atoms with Crippen molar-refractivity contribution in [2.45, 2.75) is 25.7 Å². The number of H-pyrrole nitrogens is 1. The zero-order valence-electron chi connectivity index (χ0n) is 19.5. The highest BCUT2D eigenvalue weighted by molar-refractivity contribution is 5.97. The van der Waals surface area contributed by atoms with Crippen LogP contribution in [0.4, 0.5) is 4.39 Å². The Bertz CT molecular complexity index is 1080. The summed E-state index contributed by atoms with van der Waals surface area (Å²) in [7, 11) is 6.37. The van der Waals surface area contributed by atoms with Crippen LogP contribution in [-0.2, 0) is 6.42 Å². The first-order valence-corrected chi connectivity index (χ1v) is 10.8. The Morgan fingerprint density at radius 3 is 2.39 bits per heavy atom. The van der Waals surface area contributed by atoms with Gasteiger partial charge >= 0.3 is 0 Å². The second-order valence-electron chi connectivity index (χ2n) is 7.73. The van der Waals surface area contributed by atoms with Gasteiger partial charge in [0.1, 0.15) is 11.6 Å². The number of halogens is 1. The highest BCUT2D eigenvalue weighted by Crippen LogP contribution is 2.35. The third-order valence-corrected chi connectivity index (χ3v) is 5.47. The van der Waals surface area contributed by atoms with Crippen molar-refractivity contribution >= 4 is 5.91 Å². The molecular weight excluding hydrogens is 425 g/mol. The number of aryl methyl sites for hydroxylation is 1. The van der Waals surface area contributed by atoms with E-state index in [0.29, 0.717) is 29.4 Å². The third kappa shape index (κ3) is 6.03. The number of nitrogens with zero attached hydrogens (tertiary/aromatic N) is 2. The van der Waals surface area contributed by atoms with Crippen LogP contribution in [0.25, 0.3) is 11.3 Å². The molecule has 0 aliphatic rings. The van der Waals surface area contributed by atoms with Crippen LogP contribution in [-0.4, -0.2) is 55.9 Å². The summed E-state index contributed by atoms with van der Waals surface area (Å²) in [5.74, 6) is 1.01. The molecule has 0 saturated heterocycles. The molecule has 0 radical (unpaired) electrons. The van der Waals surface area contributed by atoms with E-state index in [2.05, 4.69) is 10.2 Å². The second kappa shape index (κ2) is 11.4. The van der Waals surface area contributed by atoms with Gasteiger partial charge in [0.15, 0.2) is 11.5 Å². The number of unbranched alkanes of at least 4 members (excludes halogenated alkanes) is 2. The summed E-state index contributed by atoms with van der Waals surface area (Å²) in [6.07, 6.45) is 3.60. The monoisotopic (exact) mass is 455 g/mol. The van der Waals surface area contributed by atoms with Crippen LogP contribution >= 0.6 is 0 Å². The Labute approximate surface area is 193 Å². The van der Waals surface area contributed by atoms with Crippen LogP contribution in [0.1, 0.15) is 35.3 Å². The molecule has 1 N–H and O–H groups in total. The van der Waals surface area contributed by atoms with Crippen LogP contribution in [0.2, 0.25) is 0 Å². The highest BCUT2D eigenvalue weighted by atomic mass is 19.1. The maximum Gasteiger partial charge on any atom is 0.257 e. The van der Waals surface area contributed by atoms with E-state index < -0.39 is 0 Å². The van der Waals surface area contributed by atoms with Crippen LogP contribution < -0.4 is 14.2 Å². The zero-order chi connectivity index (χ0) is 23.8. The number of rotatable bonds is 11. The Kier molecular flexibility index (Phi) is 8.29. The normalized spacial score (nSPS) is 10.7. The lowest BCUT2D eigenvalue weighted by molar-refractivity contribution is 0.0788. The minimum absolute atomic E-state index is 0.138. The number of carbonyl (C=O) groups is 1. The quantitative estimate of drug-likeness (QED) is 0.423. The minimum Gasteiger partial charge on any atom is -0.496 e. The van der Waals surface area contributed by atoms with Gasteiger partial charge in [0.2, 0.25) is 0 Å². The largest absolute Gasteiger partial charge is 0.496 e. The molecule has 3 aromatic rings. The molecule has 176 valence electrons. The number of benzene rings is 2. The van der Waals surface area contributed by atoms with Gasteiger partial charge in [-0.15, -0.1) is 0 Å². The van der Waals surface area contributed by atoms with Gasteiger partial charge in [0, 0.05) is 37.0 Å². The molecule has 0 saturated carbocycles. The Hall–Kier alpha value is -3.55. The maximum absolute atomic E-state index is 13.4. The van der Waals surface area contributed by atoms with Gasteiger partial charge in [-0.25, -0.2) is 4.39 Å². The van der Waals surface area contributed by atoms with Crippen molar-refractivity contribution in [3.8, 4) is 28.5 Å². The smallest absolute Gasteiger partial charge is 0.257 e. The molecule has 1 aromatic heterocycles. The predicted octanol–water partition coefficient (Wildman–Crippen LogP) is 4.73. The number of hydrogen-bond acceptors (Lipinski definition) is 5. The topological polar surface area (TPSA) is 76.7 Å². The summed E-state index contributed by atoms with van der Waals surface area (Å²) in [6.45, 7) is 0.619. The molecule has 8 heteroatoms. The average Bonchev–Trinajstić information content (AvgIpc) is 3.31. The van der Waals surface area contributed by atoms with Gasteiger partial charge in [-0.3, -0.25) is 9.89 Å². The summed E-state index contributed by atoms with van der Waals surface area (Å²) in [5.41, 5.74) is 2.93. The van der Waals surface area contributed by atoms with E-state index in [4.69, 9.17) is 14.2 Å². The van der Waals surface area contributed by atoms with E-state index in [9.17, 15) is 9.18 Å². The van der Waals surface area contributed by atoms with E-state index >= 15 is 0 Å². The van der Waals surface area contributed by atoms with Crippen molar-refractivity contribution in [3.63, 3.8) is 0 Å². The molecule has 0 fully saturated rings. The van der Waals surface area contributed by atoms with Gasteiger partial charge in [-0.05, 0) is 37.5 Å². The molecule has 1 amide bonds. The fourth-order valence-corrected chi connectivity index (χ4v) is 3.63. The van der Waals surface area contributed by atoms with Gasteiger partial charge < -0.3 is 19.1 Å². The average molecular weight is 456 g/mol.